The number of carbonyl (C=O) groups excluding carboxylic acids is 1. The molecular weight excluding hydrogens is 486 g/mol. The van der Waals surface area contributed by atoms with E-state index in [1.54, 1.807) is 9.80 Å². The molecule has 3 heterocycles. The lowest BCUT2D eigenvalue weighted by Gasteiger charge is -2.34. The molecule has 2 aliphatic rings. The number of halogens is 6. The minimum absolute atomic E-state index is 0.00626. The smallest absolute Gasteiger partial charge is 0.371 e. The number of hydrogen-bond acceptors (Lipinski definition) is 7. The van der Waals surface area contributed by atoms with Gasteiger partial charge >= 0.3 is 12.4 Å². The van der Waals surface area contributed by atoms with Gasteiger partial charge in [0.15, 0.2) is 0 Å². The quantitative estimate of drug-likeness (QED) is 0.621. The van der Waals surface area contributed by atoms with Crippen LogP contribution >= 0.6 is 0 Å². The van der Waals surface area contributed by atoms with Gasteiger partial charge in [0.1, 0.15) is 11.7 Å². The predicted octanol–water partition coefficient (Wildman–Crippen LogP) is 2.34. The Bertz CT molecular complexity index is 1130. The number of rotatable bonds is 5. The highest BCUT2D eigenvalue weighted by atomic mass is 19.4. The average molecular weight is 506 g/mol. The number of H-pyrrole nitrogens is 1. The summed E-state index contributed by atoms with van der Waals surface area (Å²) in [6.07, 6.45) is -8.49. The Labute approximate surface area is 194 Å². The fraction of sp³-hybridized carbons (Fsp3) is 0.550. The van der Waals surface area contributed by atoms with Crippen molar-refractivity contribution in [3.8, 4) is 0 Å². The number of fused-ring (bicyclic) bond motifs is 1. The summed E-state index contributed by atoms with van der Waals surface area (Å²) in [4.78, 5) is 34.8. The van der Waals surface area contributed by atoms with Crippen molar-refractivity contribution < 1.29 is 35.9 Å². The van der Waals surface area contributed by atoms with E-state index >= 15 is 0 Å². The van der Waals surface area contributed by atoms with Crippen molar-refractivity contribution in [3.63, 3.8) is 0 Å². The van der Waals surface area contributed by atoms with Crippen LogP contribution in [0.2, 0.25) is 0 Å². The normalized spacial score (nSPS) is 18.6. The second kappa shape index (κ2) is 9.43. The van der Waals surface area contributed by atoms with E-state index in [1.807, 2.05) is 5.10 Å². The maximum absolute atomic E-state index is 13.2. The predicted molar refractivity (Wildman–Crippen MR) is 107 cm³/mol. The van der Waals surface area contributed by atoms with E-state index in [2.05, 4.69) is 15.1 Å². The molecule has 9 nitrogen and oxygen atoms in total. The van der Waals surface area contributed by atoms with Gasteiger partial charge in [-0.05, 0) is 18.4 Å². The topological polar surface area (TPSA) is 104 Å². The Hall–Kier alpha value is -3.23. The SMILES string of the molecule is O=C(CCO[C@@H]1CCc2c1n[nH]c(=O)c2C(F)(F)F)N1CCN(c2ncc(C(F)(F)F)cn2)CC1. The molecule has 1 N–H and O–H groups in total. The van der Waals surface area contributed by atoms with E-state index in [9.17, 15) is 35.9 Å². The summed E-state index contributed by atoms with van der Waals surface area (Å²) in [6.45, 7) is 1.20. The molecule has 2 aromatic heterocycles. The van der Waals surface area contributed by atoms with Gasteiger partial charge < -0.3 is 14.5 Å². The first-order chi connectivity index (χ1) is 16.4. The van der Waals surface area contributed by atoms with Crippen LogP contribution in [0.3, 0.4) is 0 Å². The average Bonchev–Trinajstić information content (AvgIpc) is 3.20. The monoisotopic (exact) mass is 506 g/mol. The van der Waals surface area contributed by atoms with Gasteiger partial charge in [0.2, 0.25) is 11.9 Å². The molecule has 1 amide bonds. The van der Waals surface area contributed by atoms with Gasteiger partial charge in [0, 0.05) is 38.6 Å². The number of alkyl halides is 6. The van der Waals surface area contributed by atoms with Gasteiger partial charge in [-0.3, -0.25) is 9.59 Å². The fourth-order valence-electron chi connectivity index (χ4n) is 4.13. The number of amides is 1. The summed E-state index contributed by atoms with van der Waals surface area (Å²) in [5, 5.41) is 5.58. The lowest BCUT2D eigenvalue weighted by Crippen LogP contribution is -2.49. The summed E-state index contributed by atoms with van der Waals surface area (Å²) in [7, 11) is 0. The van der Waals surface area contributed by atoms with Crippen LogP contribution in [0.5, 0.6) is 0 Å². The van der Waals surface area contributed by atoms with Crippen molar-refractivity contribution in [2.45, 2.75) is 37.7 Å². The van der Waals surface area contributed by atoms with Crippen LogP contribution in [0, 0.1) is 0 Å². The third-order valence-corrected chi connectivity index (χ3v) is 5.88. The lowest BCUT2D eigenvalue weighted by molar-refractivity contribution is -0.139. The molecule has 35 heavy (non-hydrogen) atoms. The fourth-order valence-corrected chi connectivity index (χ4v) is 4.13. The highest BCUT2D eigenvalue weighted by molar-refractivity contribution is 5.76. The first kappa shape index (κ1) is 24.9. The molecule has 0 spiro atoms. The summed E-state index contributed by atoms with van der Waals surface area (Å²) >= 11 is 0. The first-order valence-corrected chi connectivity index (χ1v) is 10.7. The molecule has 190 valence electrons. The van der Waals surface area contributed by atoms with Crippen LogP contribution in [-0.4, -0.2) is 63.8 Å². The van der Waals surface area contributed by atoms with Crippen LogP contribution < -0.4 is 10.5 Å². The zero-order valence-corrected chi connectivity index (χ0v) is 18.1. The Morgan fingerprint density at radius 2 is 1.71 bits per heavy atom. The molecule has 1 aliphatic heterocycles. The van der Waals surface area contributed by atoms with Crippen LogP contribution in [0.1, 0.15) is 41.3 Å². The van der Waals surface area contributed by atoms with Crippen molar-refractivity contribution in [1.29, 1.82) is 0 Å². The van der Waals surface area contributed by atoms with Crippen molar-refractivity contribution in [1.82, 2.24) is 25.1 Å². The van der Waals surface area contributed by atoms with E-state index < -0.39 is 35.1 Å². The second-order valence-corrected chi connectivity index (χ2v) is 8.07. The molecule has 0 bridgehead atoms. The number of hydrogen-bond donors (Lipinski definition) is 1. The Kier molecular flexibility index (Phi) is 6.71. The molecule has 0 unspecified atom stereocenters. The van der Waals surface area contributed by atoms with Gasteiger partial charge in [-0.15, -0.1) is 0 Å². The maximum Gasteiger partial charge on any atom is 0.422 e. The third-order valence-electron chi connectivity index (χ3n) is 5.88. The number of aromatic nitrogens is 4. The molecule has 1 fully saturated rings. The molecule has 4 rings (SSSR count). The number of aromatic amines is 1. The summed E-state index contributed by atoms with van der Waals surface area (Å²) in [5.74, 6) is -0.0984. The molecule has 1 aliphatic carbocycles. The Balaban J connectivity index is 1.27. The second-order valence-electron chi connectivity index (χ2n) is 8.07. The zero-order chi connectivity index (χ0) is 25.4. The van der Waals surface area contributed by atoms with Crippen LogP contribution in [0.25, 0.3) is 0 Å². The highest BCUT2D eigenvalue weighted by Crippen LogP contribution is 2.38. The number of ether oxygens (including phenoxy) is 1. The number of carbonyl (C=O) groups is 1. The molecule has 1 saturated heterocycles. The van der Waals surface area contributed by atoms with Gasteiger partial charge in [0.25, 0.3) is 5.56 Å². The van der Waals surface area contributed by atoms with Crippen molar-refractivity contribution in [2.24, 2.45) is 0 Å². The summed E-state index contributed by atoms with van der Waals surface area (Å²) in [5.41, 5.74) is -3.67. The van der Waals surface area contributed by atoms with Gasteiger partial charge in [0.05, 0.1) is 24.3 Å². The van der Waals surface area contributed by atoms with E-state index in [0.29, 0.717) is 38.6 Å². The van der Waals surface area contributed by atoms with Crippen LogP contribution in [-0.2, 0) is 28.3 Å². The van der Waals surface area contributed by atoms with Crippen molar-refractivity contribution in [2.75, 3.05) is 37.7 Å². The zero-order valence-electron chi connectivity index (χ0n) is 18.1. The Morgan fingerprint density at radius 3 is 2.31 bits per heavy atom. The van der Waals surface area contributed by atoms with E-state index in [-0.39, 0.29) is 49.0 Å². The lowest BCUT2D eigenvalue weighted by atomic mass is 10.1. The van der Waals surface area contributed by atoms with Gasteiger partial charge in [-0.2, -0.15) is 31.4 Å². The minimum Gasteiger partial charge on any atom is -0.371 e. The van der Waals surface area contributed by atoms with Gasteiger partial charge in [-0.25, -0.2) is 15.1 Å². The van der Waals surface area contributed by atoms with Crippen molar-refractivity contribution >= 4 is 11.9 Å². The number of anilines is 1. The highest BCUT2D eigenvalue weighted by Gasteiger charge is 2.41. The van der Waals surface area contributed by atoms with Gasteiger partial charge in [-0.1, -0.05) is 0 Å². The van der Waals surface area contributed by atoms with E-state index in [1.165, 1.54) is 0 Å². The van der Waals surface area contributed by atoms with Crippen molar-refractivity contribution in [3.05, 3.63) is 45.1 Å². The van der Waals surface area contributed by atoms with E-state index in [4.69, 9.17) is 4.74 Å². The molecule has 0 saturated carbocycles. The minimum atomic E-state index is -4.81. The number of nitrogens with zero attached hydrogens (tertiary/aromatic N) is 5. The number of nitrogens with one attached hydrogen (secondary N) is 1. The largest absolute Gasteiger partial charge is 0.422 e. The Morgan fingerprint density at radius 1 is 1.06 bits per heavy atom. The molecule has 0 radical (unpaired) electrons. The maximum atomic E-state index is 13.2. The number of piperazine rings is 1. The van der Waals surface area contributed by atoms with E-state index in [0.717, 1.165) is 0 Å². The molecular formula is C20H20F6N6O3. The molecule has 15 heteroatoms. The molecule has 1 atom stereocenters. The van der Waals surface area contributed by atoms with Crippen LogP contribution in [0.15, 0.2) is 17.2 Å². The first-order valence-electron chi connectivity index (χ1n) is 10.7. The molecule has 0 aromatic carbocycles. The summed E-state index contributed by atoms with van der Waals surface area (Å²) < 4.78 is 83.1. The molecule has 2 aromatic rings. The third kappa shape index (κ3) is 5.39. The standard InChI is InChI=1S/C20H20F6N6O3/c21-19(22,23)11-9-27-18(28-10-11)32-6-4-31(5-7-32)14(33)3-8-35-13-2-1-12-15(20(24,25)26)17(34)30-29-16(12)13/h9-10,13H,1-8H2,(H,30,34)/t13-/m1/s1. The summed E-state index contributed by atoms with van der Waals surface area (Å²) in [6, 6.07) is 0. The van der Waals surface area contributed by atoms with Crippen LogP contribution in [0.4, 0.5) is 32.3 Å².